The molecule has 0 N–H and O–H groups in total. The summed E-state index contributed by atoms with van der Waals surface area (Å²) in [4.78, 5) is 18.8. The number of rotatable bonds is 5. The number of hydrogen-bond acceptors (Lipinski definition) is 3. The first-order valence-electron chi connectivity index (χ1n) is 9.19. The summed E-state index contributed by atoms with van der Waals surface area (Å²) in [6, 6.07) is 19.8. The number of benzene rings is 2. The Bertz CT molecular complexity index is 923. The monoisotopic (exact) mass is 358 g/mol. The van der Waals surface area contributed by atoms with E-state index in [-0.39, 0.29) is 11.9 Å². The Hall–Kier alpha value is -3.14. The normalized spacial score (nSPS) is 15.2. The Labute approximate surface area is 159 Å². The van der Waals surface area contributed by atoms with E-state index in [1.807, 2.05) is 54.4 Å². The van der Waals surface area contributed by atoms with Crippen LogP contribution in [-0.2, 0) is 13.0 Å². The topological polar surface area (TPSA) is 42.4 Å². The highest BCUT2D eigenvalue weighted by atomic mass is 16.5. The maximum Gasteiger partial charge on any atom is 0.254 e. The average molecular weight is 358 g/mol. The number of aryl methyl sites for hydroxylation is 1. The molecule has 4 rings (SSSR count). The Kier molecular flexibility index (Phi) is 4.88. The van der Waals surface area contributed by atoms with E-state index in [1.165, 1.54) is 11.1 Å². The maximum absolute atomic E-state index is 12.9. The Morgan fingerprint density at radius 3 is 2.70 bits per heavy atom. The van der Waals surface area contributed by atoms with Crippen LogP contribution in [0.1, 0.15) is 39.5 Å². The van der Waals surface area contributed by atoms with Gasteiger partial charge < -0.3 is 9.64 Å². The lowest BCUT2D eigenvalue weighted by Crippen LogP contribution is -2.30. The maximum atomic E-state index is 12.9. The molecule has 0 saturated carbocycles. The number of carbonyl (C=O) groups is 1. The van der Waals surface area contributed by atoms with Gasteiger partial charge in [-0.2, -0.15) is 0 Å². The molecule has 3 aromatic rings. The van der Waals surface area contributed by atoms with Crippen molar-refractivity contribution in [1.82, 2.24) is 9.88 Å². The number of fused-ring (bicyclic) bond motifs is 1. The van der Waals surface area contributed by atoms with E-state index in [0.717, 1.165) is 24.2 Å². The lowest BCUT2D eigenvalue weighted by atomic mass is 10.1. The van der Waals surface area contributed by atoms with Crippen molar-refractivity contribution in [1.29, 1.82) is 0 Å². The van der Waals surface area contributed by atoms with Crippen LogP contribution in [0, 0.1) is 0 Å². The number of hydrogen-bond donors (Lipinski definition) is 0. The number of pyridine rings is 1. The minimum absolute atomic E-state index is 0.0375. The fourth-order valence-electron chi connectivity index (χ4n) is 3.63. The van der Waals surface area contributed by atoms with Gasteiger partial charge in [-0.1, -0.05) is 30.3 Å². The quantitative estimate of drug-likeness (QED) is 0.678. The van der Waals surface area contributed by atoms with Crippen LogP contribution in [0.2, 0.25) is 0 Å². The molecule has 4 nitrogen and oxygen atoms in total. The van der Waals surface area contributed by atoms with E-state index >= 15 is 0 Å². The molecule has 0 fully saturated rings. The molecule has 1 atom stereocenters. The molecule has 1 aromatic heterocycles. The van der Waals surface area contributed by atoms with E-state index < -0.39 is 0 Å². The molecule has 1 heterocycles. The van der Waals surface area contributed by atoms with Gasteiger partial charge in [0.05, 0.1) is 6.04 Å². The average Bonchev–Trinajstić information content (AvgIpc) is 3.16. The summed E-state index contributed by atoms with van der Waals surface area (Å²) >= 11 is 0. The van der Waals surface area contributed by atoms with Crippen molar-refractivity contribution >= 4 is 5.91 Å². The third-order valence-corrected chi connectivity index (χ3v) is 5.12. The van der Waals surface area contributed by atoms with Crippen LogP contribution in [0.25, 0.3) is 0 Å². The summed E-state index contributed by atoms with van der Waals surface area (Å²) < 4.78 is 5.77. The summed E-state index contributed by atoms with van der Waals surface area (Å²) in [5.41, 5.74) is 4.30. The Morgan fingerprint density at radius 1 is 1.11 bits per heavy atom. The van der Waals surface area contributed by atoms with E-state index in [9.17, 15) is 4.79 Å². The van der Waals surface area contributed by atoms with E-state index in [4.69, 9.17) is 4.74 Å². The van der Waals surface area contributed by atoms with Crippen LogP contribution in [0.3, 0.4) is 0 Å². The third-order valence-electron chi connectivity index (χ3n) is 5.12. The van der Waals surface area contributed by atoms with Gasteiger partial charge in [0.2, 0.25) is 0 Å². The van der Waals surface area contributed by atoms with Gasteiger partial charge in [0, 0.05) is 30.6 Å². The zero-order chi connectivity index (χ0) is 18.6. The van der Waals surface area contributed by atoms with Crippen molar-refractivity contribution in [3.8, 4) is 5.75 Å². The van der Waals surface area contributed by atoms with E-state index in [0.29, 0.717) is 12.2 Å². The molecule has 1 aliphatic rings. The minimum Gasteiger partial charge on any atom is -0.489 e. The fraction of sp³-hybridized carbons (Fsp3) is 0.217. The Morgan fingerprint density at radius 2 is 1.93 bits per heavy atom. The van der Waals surface area contributed by atoms with Crippen LogP contribution < -0.4 is 4.74 Å². The van der Waals surface area contributed by atoms with Crippen molar-refractivity contribution in [3.63, 3.8) is 0 Å². The van der Waals surface area contributed by atoms with Crippen LogP contribution in [-0.4, -0.2) is 22.8 Å². The predicted octanol–water partition coefficient (Wildman–Crippen LogP) is 4.42. The zero-order valence-electron chi connectivity index (χ0n) is 15.3. The van der Waals surface area contributed by atoms with Gasteiger partial charge in [0.15, 0.2) is 0 Å². The molecule has 2 aromatic carbocycles. The van der Waals surface area contributed by atoms with Crippen molar-refractivity contribution in [2.24, 2.45) is 0 Å². The number of aromatic nitrogens is 1. The van der Waals surface area contributed by atoms with Crippen LogP contribution >= 0.6 is 0 Å². The first kappa shape index (κ1) is 17.3. The van der Waals surface area contributed by atoms with Gasteiger partial charge in [0.25, 0.3) is 5.91 Å². The van der Waals surface area contributed by atoms with Crippen LogP contribution in [0.15, 0.2) is 73.1 Å². The molecule has 0 aliphatic heterocycles. The number of carbonyl (C=O) groups excluding carboxylic acids is 1. The lowest BCUT2D eigenvalue weighted by Gasteiger charge is -2.25. The van der Waals surface area contributed by atoms with Crippen molar-refractivity contribution in [3.05, 3.63) is 95.3 Å². The smallest absolute Gasteiger partial charge is 0.254 e. The lowest BCUT2D eigenvalue weighted by molar-refractivity contribution is 0.0730. The first-order valence-corrected chi connectivity index (χ1v) is 9.19. The Balaban J connectivity index is 1.42. The largest absolute Gasteiger partial charge is 0.489 e. The van der Waals surface area contributed by atoms with Gasteiger partial charge >= 0.3 is 0 Å². The SMILES string of the molecule is CN(C(=O)c1ccc(OCc2cccnc2)cc1)C1CCc2ccccc21. The summed E-state index contributed by atoms with van der Waals surface area (Å²) in [5, 5.41) is 0. The summed E-state index contributed by atoms with van der Waals surface area (Å²) in [5.74, 6) is 0.778. The van der Waals surface area contributed by atoms with Crippen LogP contribution in [0.4, 0.5) is 0 Å². The van der Waals surface area contributed by atoms with Gasteiger partial charge in [-0.15, -0.1) is 0 Å². The summed E-state index contributed by atoms with van der Waals surface area (Å²) in [7, 11) is 1.89. The molecule has 0 spiro atoms. The van der Waals surface area contributed by atoms with Crippen LogP contribution in [0.5, 0.6) is 5.75 Å². The highest BCUT2D eigenvalue weighted by Gasteiger charge is 2.28. The predicted molar refractivity (Wildman–Crippen MR) is 105 cm³/mol. The standard InChI is InChI=1S/C23H22N2O2/c1-25(22-13-10-18-6-2-3-7-21(18)22)23(26)19-8-11-20(12-9-19)27-16-17-5-4-14-24-15-17/h2-9,11-12,14-15,22H,10,13,16H2,1H3. The molecule has 27 heavy (non-hydrogen) atoms. The molecule has 1 unspecified atom stereocenters. The number of amides is 1. The number of ether oxygens (including phenoxy) is 1. The fourth-order valence-corrected chi connectivity index (χ4v) is 3.63. The van der Waals surface area contributed by atoms with Gasteiger partial charge in [-0.3, -0.25) is 9.78 Å². The second-order valence-corrected chi connectivity index (χ2v) is 6.84. The van der Waals surface area contributed by atoms with Crippen molar-refractivity contribution in [2.45, 2.75) is 25.5 Å². The molecular weight excluding hydrogens is 336 g/mol. The van der Waals surface area contributed by atoms with Gasteiger partial charge in [-0.05, 0) is 54.3 Å². The summed E-state index contributed by atoms with van der Waals surface area (Å²) in [6.07, 6.45) is 5.53. The molecule has 0 radical (unpaired) electrons. The second kappa shape index (κ2) is 7.62. The molecule has 136 valence electrons. The zero-order valence-corrected chi connectivity index (χ0v) is 15.3. The van der Waals surface area contributed by atoms with Gasteiger partial charge in [-0.25, -0.2) is 0 Å². The molecule has 0 saturated heterocycles. The summed E-state index contributed by atoms with van der Waals surface area (Å²) in [6.45, 7) is 0.458. The van der Waals surface area contributed by atoms with Crippen molar-refractivity contribution in [2.75, 3.05) is 7.05 Å². The van der Waals surface area contributed by atoms with E-state index in [1.54, 1.807) is 12.4 Å². The minimum atomic E-state index is 0.0375. The first-order chi connectivity index (χ1) is 13.2. The second-order valence-electron chi connectivity index (χ2n) is 6.84. The van der Waals surface area contributed by atoms with Crippen molar-refractivity contribution < 1.29 is 9.53 Å². The van der Waals surface area contributed by atoms with Gasteiger partial charge in [0.1, 0.15) is 12.4 Å². The molecule has 1 aliphatic carbocycles. The van der Waals surface area contributed by atoms with E-state index in [2.05, 4.69) is 23.2 Å². The highest BCUT2D eigenvalue weighted by molar-refractivity contribution is 5.94. The molecule has 0 bridgehead atoms. The number of nitrogens with zero attached hydrogens (tertiary/aromatic N) is 2. The third kappa shape index (κ3) is 3.70. The molecular formula is C23H22N2O2. The molecule has 4 heteroatoms. The highest BCUT2D eigenvalue weighted by Crippen LogP contribution is 2.35. The molecule has 1 amide bonds.